The number of nitrogens with zero attached hydrogens (tertiary/aromatic N) is 1. The molecule has 2 aromatic heterocycles. The fraction of sp³-hybridized carbons (Fsp3) is 0.0357. The van der Waals surface area contributed by atoms with Gasteiger partial charge in [-0.05, 0) is 87.1 Å². The van der Waals surface area contributed by atoms with Crippen molar-refractivity contribution >= 4 is 66.8 Å². The lowest BCUT2D eigenvalue weighted by Gasteiger charge is -2.26. The van der Waals surface area contributed by atoms with Crippen molar-refractivity contribution in [2.24, 2.45) is 5.92 Å². The van der Waals surface area contributed by atoms with Crippen molar-refractivity contribution in [3.8, 4) is 33.4 Å². The standard InChI is InChI=1S/C56H37NO2/c1-3-13-44-36(10-1)12-7-16-45(44)38-22-29-41(30-23-38)57(43-33-26-40(27-34-43)48-18-8-19-50-49-15-5-6-20-52(49)58-55(48)50)42-31-24-39(25-32-42)46-17-9-21-53-54(46)51-35-28-37-11-2-4-14-47(37)56(51)59-53/h1-35,37,47H. The molecule has 0 saturated heterocycles. The first-order valence-corrected chi connectivity index (χ1v) is 20.3. The number of rotatable bonds is 6. The fourth-order valence-corrected chi connectivity index (χ4v) is 9.39. The van der Waals surface area contributed by atoms with Gasteiger partial charge in [0.25, 0.3) is 0 Å². The summed E-state index contributed by atoms with van der Waals surface area (Å²) in [4.78, 5) is 2.34. The summed E-state index contributed by atoms with van der Waals surface area (Å²) >= 11 is 0. The van der Waals surface area contributed by atoms with E-state index in [1.165, 1.54) is 38.4 Å². The Morgan fingerprint density at radius 2 is 0.966 bits per heavy atom. The summed E-state index contributed by atoms with van der Waals surface area (Å²) in [6.45, 7) is 0. The zero-order chi connectivity index (χ0) is 38.9. The van der Waals surface area contributed by atoms with Gasteiger partial charge in [0.2, 0.25) is 0 Å². The Bertz CT molecular complexity index is 3320. The van der Waals surface area contributed by atoms with Gasteiger partial charge in [0.15, 0.2) is 0 Å². The lowest BCUT2D eigenvalue weighted by atomic mass is 9.80. The van der Waals surface area contributed by atoms with Crippen LogP contribution in [0.5, 0.6) is 0 Å². The molecule has 59 heavy (non-hydrogen) atoms. The molecule has 0 saturated carbocycles. The number of allylic oxidation sites excluding steroid dienone is 5. The van der Waals surface area contributed by atoms with E-state index < -0.39 is 0 Å². The highest BCUT2D eigenvalue weighted by Gasteiger charge is 2.30. The van der Waals surface area contributed by atoms with Crippen LogP contribution in [0.25, 0.3) is 83.1 Å². The fourth-order valence-electron chi connectivity index (χ4n) is 9.39. The lowest BCUT2D eigenvalue weighted by Crippen LogP contribution is -2.11. The first-order chi connectivity index (χ1) is 29.2. The molecule has 0 N–H and O–H groups in total. The highest BCUT2D eigenvalue weighted by Crippen LogP contribution is 2.46. The normalized spacial score (nSPS) is 15.6. The summed E-state index contributed by atoms with van der Waals surface area (Å²) in [5, 5.41) is 5.93. The third-order valence-corrected chi connectivity index (χ3v) is 12.2. The largest absolute Gasteiger partial charge is 0.460 e. The molecule has 12 rings (SSSR count). The summed E-state index contributed by atoms with van der Waals surface area (Å²) in [6, 6.07) is 63.0. The number of fused-ring (bicyclic) bond motifs is 9. The van der Waals surface area contributed by atoms with Crippen molar-refractivity contribution in [2.45, 2.75) is 5.92 Å². The number of hydrogen-bond donors (Lipinski definition) is 0. The van der Waals surface area contributed by atoms with Gasteiger partial charge >= 0.3 is 0 Å². The van der Waals surface area contributed by atoms with Crippen molar-refractivity contribution in [3.63, 3.8) is 0 Å². The van der Waals surface area contributed by atoms with Crippen LogP contribution in [0.4, 0.5) is 17.1 Å². The average Bonchev–Trinajstić information content (AvgIpc) is 3.89. The molecule has 10 aromatic rings. The van der Waals surface area contributed by atoms with Gasteiger partial charge in [-0.1, -0.05) is 164 Å². The lowest BCUT2D eigenvalue weighted by molar-refractivity contribution is 0.492. The molecule has 2 unspecified atom stereocenters. The van der Waals surface area contributed by atoms with Crippen LogP contribution in [0.15, 0.2) is 215 Å². The molecule has 0 fully saturated rings. The predicted octanol–water partition coefficient (Wildman–Crippen LogP) is 15.8. The number of para-hydroxylation sites is 2. The Morgan fingerprint density at radius 1 is 0.407 bits per heavy atom. The van der Waals surface area contributed by atoms with Gasteiger partial charge in [-0.15, -0.1) is 0 Å². The van der Waals surface area contributed by atoms with Crippen molar-refractivity contribution < 1.29 is 8.83 Å². The quantitative estimate of drug-likeness (QED) is 0.169. The monoisotopic (exact) mass is 755 g/mol. The van der Waals surface area contributed by atoms with Crippen LogP contribution in [0, 0.1) is 5.92 Å². The van der Waals surface area contributed by atoms with Crippen LogP contribution in [0.1, 0.15) is 17.2 Å². The minimum atomic E-state index is 0.223. The second kappa shape index (κ2) is 13.5. The maximum atomic E-state index is 6.59. The van der Waals surface area contributed by atoms with Gasteiger partial charge in [0.05, 0.1) is 0 Å². The van der Waals surface area contributed by atoms with E-state index >= 15 is 0 Å². The molecule has 2 aliphatic rings. The Hall–Kier alpha value is -7.62. The van der Waals surface area contributed by atoms with E-state index in [2.05, 4.69) is 205 Å². The maximum absolute atomic E-state index is 6.59. The molecular formula is C56H37NO2. The molecule has 2 heterocycles. The second-order valence-corrected chi connectivity index (χ2v) is 15.6. The maximum Gasteiger partial charge on any atom is 0.143 e. The zero-order valence-electron chi connectivity index (χ0n) is 32.1. The number of furan rings is 2. The molecule has 0 bridgehead atoms. The molecule has 0 spiro atoms. The smallest absolute Gasteiger partial charge is 0.143 e. The van der Waals surface area contributed by atoms with Crippen LogP contribution in [0.2, 0.25) is 0 Å². The van der Waals surface area contributed by atoms with Crippen molar-refractivity contribution in [1.29, 1.82) is 0 Å². The van der Waals surface area contributed by atoms with Gasteiger partial charge < -0.3 is 13.7 Å². The van der Waals surface area contributed by atoms with Crippen molar-refractivity contribution in [3.05, 3.63) is 218 Å². The van der Waals surface area contributed by atoms with E-state index in [4.69, 9.17) is 8.83 Å². The second-order valence-electron chi connectivity index (χ2n) is 15.6. The van der Waals surface area contributed by atoms with E-state index in [0.29, 0.717) is 5.92 Å². The molecule has 8 aromatic carbocycles. The van der Waals surface area contributed by atoms with Gasteiger partial charge in [-0.3, -0.25) is 0 Å². The summed E-state index contributed by atoms with van der Waals surface area (Å²) in [5.74, 6) is 1.60. The van der Waals surface area contributed by atoms with Gasteiger partial charge in [-0.25, -0.2) is 0 Å². The predicted molar refractivity (Wildman–Crippen MR) is 246 cm³/mol. The number of hydrogen-bond acceptors (Lipinski definition) is 3. The van der Waals surface area contributed by atoms with E-state index in [1.54, 1.807) is 0 Å². The Kier molecular flexibility index (Phi) is 7.67. The van der Waals surface area contributed by atoms with Crippen molar-refractivity contribution in [1.82, 2.24) is 0 Å². The molecule has 2 atom stereocenters. The molecule has 2 aliphatic carbocycles. The minimum Gasteiger partial charge on any atom is -0.460 e. The zero-order valence-corrected chi connectivity index (χ0v) is 32.1. The Morgan fingerprint density at radius 3 is 1.75 bits per heavy atom. The van der Waals surface area contributed by atoms with Crippen LogP contribution in [-0.4, -0.2) is 0 Å². The molecule has 3 heteroatoms. The summed E-state index contributed by atoms with van der Waals surface area (Å²) in [5.41, 5.74) is 14.1. The Labute approximate surface area is 342 Å². The molecule has 278 valence electrons. The Balaban J connectivity index is 0.948. The molecule has 3 nitrogen and oxygen atoms in total. The first-order valence-electron chi connectivity index (χ1n) is 20.3. The summed E-state index contributed by atoms with van der Waals surface area (Å²) < 4.78 is 13.0. The summed E-state index contributed by atoms with van der Waals surface area (Å²) in [7, 11) is 0. The van der Waals surface area contributed by atoms with E-state index in [9.17, 15) is 0 Å². The van der Waals surface area contributed by atoms with E-state index in [1.807, 2.05) is 12.1 Å². The summed E-state index contributed by atoms with van der Waals surface area (Å²) in [6.07, 6.45) is 13.4. The van der Waals surface area contributed by atoms with Crippen LogP contribution < -0.4 is 4.90 Å². The number of anilines is 3. The third-order valence-electron chi connectivity index (χ3n) is 12.2. The SMILES string of the molecule is C1=CC2C=Cc3c(oc4cccc(-c5ccc(N(c6ccc(-c7cccc8ccccc78)cc6)c6ccc(-c7cccc8c7oc7ccccc78)cc6)cc5)c34)C2C=C1. The minimum absolute atomic E-state index is 0.223. The average molecular weight is 756 g/mol. The van der Waals surface area contributed by atoms with Crippen LogP contribution in [0.3, 0.4) is 0 Å². The highest BCUT2D eigenvalue weighted by atomic mass is 16.3. The van der Waals surface area contributed by atoms with Crippen LogP contribution in [-0.2, 0) is 0 Å². The molecular weight excluding hydrogens is 719 g/mol. The van der Waals surface area contributed by atoms with Crippen LogP contribution >= 0.6 is 0 Å². The van der Waals surface area contributed by atoms with Crippen molar-refractivity contribution in [2.75, 3.05) is 4.90 Å². The highest BCUT2D eigenvalue weighted by molar-refractivity contribution is 6.09. The van der Waals surface area contributed by atoms with Gasteiger partial charge in [0.1, 0.15) is 22.5 Å². The van der Waals surface area contributed by atoms with E-state index in [-0.39, 0.29) is 5.92 Å². The number of benzene rings is 8. The third kappa shape index (κ3) is 5.50. The molecule has 0 aliphatic heterocycles. The van der Waals surface area contributed by atoms with E-state index in [0.717, 1.165) is 67.0 Å². The van der Waals surface area contributed by atoms with Gasteiger partial charge in [-0.2, -0.15) is 0 Å². The van der Waals surface area contributed by atoms with Gasteiger partial charge in [0, 0.05) is 56.2 Å². The topological polar surface area (TPSA) is 29.5 Å². The first kappa shape index (κ1) is 33.5. The molecule has 0 radical (unpaired) electrons. The molecule has 0 amide bonds.